The number of rotatable bonds is 2. The Kier molecular flexibility index (Phi) is 3.71. The molecule has 1 heterocycles. The first-order chi connectivity index (χ1) is 10.5. The molecule has 114 valence electrons. The third-order valence-electron chi connectivity index (χ3n) is 5.04. The van der Waals surface area contributed by atoms with Gasteiger partial charge in [0.2, 0.25) is 5.91 Å². The third-order valence-corrected chi connectivity index (χ3v) is 5.04. The van der Waals surface area contributed by atoms with Crippen molar-refractivity contribution < 1.29 is 6.17 Å². The van der Waals surface area contributed by atoms with E-state index in [0.717, 1.165) is 18.4 Å². The molecular formula is C19H27NO. The summed E-state index contributed by atoms with van der Waals surface area (Å²) in [5, 5.41) is 0. The van der Waals surface area contributed by atoms with E-state index < -0.39 is 0 Å². The second-order valence-electron chi connectivity index (χ2n) is 6.99. The van der Waals surface area contributed by atoms with Gasteiger partial charge in [0.05, 0.1) is 5.54 Å². The van der Waals surface area contributed by atoms with Crippen LogP contribution in [-0.2, 0) is 16.7 Å². The zero-order valence-corrected chi connectivity index (χ0v) is 13.3. The first-order valence-electron chi connectivity index (χ1n) is 8.94. The molecule has 1 spiro atoms. The SMILES string of the molecule is [2H]C1CN(C(=O)CC(C)C)C2(CCCCC2)c2ccccc21. The summed E-state index contributed by atoms with van der Waals surface area (Å²) < 4.78 is 8.47. The predicted octanol–water partition coefficient (Wildman–Crippen LogP) is 4.28. The van der Waals surface area contributed by atoms with E-state index in [1.807, 2.05) is 6.07 Å². The van der Waals surface area contributed by atoms with E-state index in [0.29, 0.717) is 18.9 Å². The molecule has 1 aromatic carbocycles. The predicted molar refractivity (Wildman–Crippen MR) is 86.1 cm³/mol. The summed E-state index contributed by atoms with van der Waals surface area (Å²) in [6.07, 6.45) is 6.03. The van der Waals surface area contributed by atoms with Gasteiger partial charge in [0.25, 0.3) is 0 Å². The monoisotopic (exact) mass is 286 g/mol. The van der Waals surface area contributed by atoms with E-state index in [1.165, 1.54) is 24.8 Å². The van der Waals surface area contributed by atoms with Crippen molar-refractivity contribution in [1.82, 2.24) is 4.90 Å². The Morgan fingerprint density at radius 1 is 1.29 bits per heavy atom. The molecule has 21 heavy (non-hydrogen) atoms. The zero-order valence-electron chi connectivity index (χ0n) is 14.3. The van der Waals surface area contributed by atoms with Crippen LogP contribution in [0.2, 0.25) is 0 Å². The van der Waals surface area contributed by atoms with Gasteiger partial charge in [0.1, 0.15) is 0 Å². The maximum atomic E-state index is 12.9. The van der Waals surface area contributed by atoms with Gasteiger partial charge in [-0.2, -0.15) is 0 Å². The fraction of sp³-hybridized carbons (Fsp3) is 0.632. The highest BCUT2D eigenvalue weighted by atomic mass is 16.2. The normalized spacial score (nSPS) is 24.8. The molecule has 1 aliphatic carbocycles. The molecule has 0 radical (unpaired) electrons. The van der Waals surface area contributed by atoms with Crippen molar-refractivity contribution in [2.75, 3.05) is 6.54 Å². The van der Waals surface area contributed by atoms with Crippen molar-refractivity contribution in [1.29, 1.82) is 0 Å². The van der Waals surface area contributed by atoms with Crippen LogP contribution in [0.1, 0.15) is 64.9 Å². The lowest BCUT2D eigenvalue weighted by Gasteiger charge is -2.51. The standard InChI is InChI=1S/C19H27NO/c1-15(2)14-18(21)20-13-10-16-8-4-5-9-17(16)19(20)11-6-3-7-12-19/h4-5,8-9,15H,3,6-7,10-14H2,1-2H3/i10D. The van der Waals surface area contributed by atoms with Crippen LogP contribution in [-0.4, -0.2) is 17.4 Å². The summed E-state index contributed by atoms with van der Waals surface area (Å²) in [5.41, 5.74) is 2.24. The Labute approximate surface area is 129 Å². The van der Waals surface area contributed by atoms with Gasteiger partial charge in [-0.05, 0) is 36.3 Å². The van der Waals surface area contributed by atoms with Gasteiger partial charge in [-0.25, -0.2) is 0 Å². The summed E-state index contributed by atoms with van der Waals surface area (Å²) >= 11 is 0. The Balaban J connectivity index is 2.04. The van der Waals surface area contributed by atoms with Crippen LogP contribution in [0, 0.1) is 5.92 Å². The van der Waals surface area contributed by atoms with Crippen LogP contribution in [0.4, 0.5) is 0 Å². The summed E-state index contributed by atoms with van der Waals surface area (Å²) in [7, 11) is 0. The van der Waals surface area contributed by atoms with Crippen LogP contribution in [0.15, 0.2) is 24.3 Å². The lowest BCUT2D eigenvalue weighted by molar-refractivity contribution is -0.141. The highest BCUT2D eigenvalue weighted by Gasteiger charge is 2.45. The molecule has 2 nitrogen and oxygen atoms in total. The second-order valence-corrected chi connectivity index (χ2v) is 6.99. The van der Waals surface area contributed by atoms with E-state index in [4.69, 9.17) is 1.37 Å². The van der Waals surface area contributed by atoms with Gasteiger partial charge in [0.15, 0.2) is 0 Å². The van der Waals surface area contributed by atoms with Crippen molar-refractivity contribution in [2.24, 2.45) is 5.92 Å². The highest BCUT2D eigenvalue weighted by Crippen LogP contribution is 2.46. The summed E-state index contributed by atoms with van der Waals surface area (Å²) in [5.74, 6) is 0.609. The minimum absolute atomic E-state index is 0.141. The molecule has 0 bridgehead atoms. The van der Waals surface area contributed by atoms with Crippen molar-refractivity contribution in [3.63, 3.8) is 0 Å². The molecule has 3 rings (SSSR count). The van der Waals surface area contributed by atoms with Gasteiger partial charge in [-0.1, -0.05) is 57.4 Å². The minimum atomic E-state index is -0.306. The molecule has 1 aromatic rings. The number of nitrogens with zero attached hydrogens (tertiary/aromatic N) is 1. The van der Waals surface area contributed by atoms with Gasteiger partial charge < -0.3 is 4.90 Å². The quantitative estimate of drug-likeness (QED) is 0.794. The molecule has 2 aliphatic rings. The van der Waals surface area contributed by atoms with Crippen molar-refractivity contribution in [2.45, 2.75) is 64.3 Å². The smallest absolute Gasteiger partial charge is 0.223 e. The summed E-state index contributed by atoms with van der Waals surface area (Å²) in [6.45, 7) is 4.76. The zero-order chi connectivity index (χ0) is 15.7. The van der Waals surface area contributed by atoms with Gasteiger partial charge in [-0.15, -0.1) is 0 Å². The van der Waals surface area contributed by atoms with Crippen LogP contribution in [0.3, 0.4) is 0 Å². The van der Waals surface area contributed by atoms with Crippen LogP contribution < -0.4 is 0 Å². The van der Waals surface area contributed by atoms with Crippen molar-refractivity contribution in [3.8, 4) is 0 Å². The Morgan fingerprint density at radius 2 is 2.00 bits per heavy atom. The maximum absolute atomic E-state index is 12.9. The number of hydrogen-bond acceptors (Lipinski definition) is 1. The second kappa shape index (κ2) is 5.82. The average Bonchev–Trinajstić information content (AvgIpc) is 2.51. The van der Waals surface area contributed by atoms with Crippen molar-refractivity contribution >= 4 is 5.91 Å². The Bertz CT molecular complexity index is 548. The van der Waals surface area contributed by atoms with Gasteiger partial charge >= 0.3 is 0 Å². The van der Waals surface area contributed by atoms with Gasteiger partial charge in [-0.3, -0.25) is 4.79 Å². The fourth-order valence-electron chi connectivity index (χ4n) is 4.08. The average molecular weight is 286 g/mol. The van der Waals surface area contributed by atoms with Crippen molar-refractivity contribution in [3.05, 3.63) is 35.4 Å². The van der Waals surface area contributed by atoms with E-state index in [-0.39, 0.29) is 17.8 Å². The number of amides is 1. The highest BCUT2D eigenvalue weighted by molar-refractivity contribution is 5.78. The van der Waals surface area contributed by atoms with Crippen LogP contribution in [0.25, 0.3) is 0 Å². The maximum Gasteiger partial charge on any atom is 0.223 e. The molecule has 1 aliphatic heterocycles. The number of fused-ring (bicyclic) bond motifs is 2. The number of carbonyl (C=O) groups is 1. The molecule has 0 saturated heterocycles. The first-order valence-corrected chi connectivity index (χ1v) is 8.37. The Hall–Kier alpha value is -1.31. The number of hydrogen-bond donors (Lipinski definition) is 0. The first kappa shape index (κ1) is 13.4. The third kappa shape index (κ3) is 2.61. The molecule has 1 unspecified atom stereocenters. The summed E-state index contributed by atoms with van der Waals surface area (Å²) in [6, 6.07) is 8.35. The molecule has 2 heteroatoms. The lowest BCUT2D eigenvalue weighted by atomic mass is 9.71. The molecular weight excluding hydrogens is 258 g/mol. The molecule has 1 fully saturated rings. The molecule has 1 saturated carbocycles. The van der Waals surface area contributed by atoms with E-state index in [2.05, 4.69) is 36.9 Å². The van der Waals surface area contributed by atoms with Crippen LogP contribution >= 0.6 is 0 Å². The number of benzene rings is 1. The topological polar surface area (TPSA) is 20.3 Å². The van der Waals surface area contributed by atoms with E-state index in [1.54, 1.807) is 0 Å². The fourth-order valence-corrected chi connectivity index (χ4v) is 4.08. The Morgan fingerprint density at radius 3 is 2.71 bits per heavy atom. The van der Waals surface area contributed by atoms with E-state index >= 15 is 0 Å². The minimum Gasteiger partial charge on any atom is -0.333 e. The molecule has 0 N–H and O–H groups in total. The summed E-state index contributed by atoms with van der Waals surface area (Å²) in [4.78, 5) is 15.0. The number of carbonyl (C=O) groups excluding carboxylic acids is 1. The lowest BCUT2D eigenvalue weighted by Crippen LogP contribution is -2.54. The van der Waals surface area contributed by atoms with E-state index in [9.17, 15) is 4.79 Å². The largest absolute Gasteiger partial charge is 0.333 e. The molecule has 1 amide bonds. The molecule has 0 aromatic heterocycles. The molecule has 1 atom stereocenters. The van der Waals surface area contributed by atoms with Gasteiger partial charge in [0, 0.05) is 14.3 Å². The van der Waals surface area contributed by atoms with Crippen LogP contribution in [0.5, 0.6) is 0 Å².